The maximum Gasteiger partial charge on any atom is 0.126 e. The zero-order chi connectivity index (χ0) is 22.9. The second kappa shape index (κ2) is 12.4. The van der Waals surface area contributed by atoms with Gasteiger partial charge in [0.15, 0.2) is 0 Å². The molecule has 0 aromatic heterocycles. The van der Waals surface area contributed by atoms with E-state index < -0.39 is 12.2 Å². The Morgan fingerprint density at radius 2 is 2.06 bits per heavy atom. The zero-order valence-electron chi connectivity index (χ0n) is 19.5. The van der Waals surface area contributed by atoms with Crippen molar-refractivity contribution in [2.24, 2.45) is 11.8 Å². The van der Waals surface area contributed by atoms with Crippen LogP contribution in [0.1, 0.15) is 63.0 Å². The van der Waals surface area contributed by atoms with Gasteiger partial charge < -0.3 is 25.4 Å². The summed E-state index contributed by atoms with van der Waals surface area (Å²) < 4.78 is 6.36. The number of benzene rings is 1. The van der Waals surface area contributed by atoms with E-state index in [0.717, 1.165) is 44.5 Å². The molecule has 0 amide bonds. The van der Waals surface area contributed by atoms with Crippen molar-refractivity contribution in [2.45, 2.75) is 76.6 Å². The molecule has 1 fully saturated rings. The fourth-order valence-electron chi connectivity index (χ4n) is 4.88. The number of rotatable bonds is 12. The van der Waals surface area contributed by atoms with Gasteiger partial charge in [0.05, 0.1) is 12.2 Å². The molecule has 5 heteroatoms. The smallest absolute Gasteiger partial charge is 0.126 e. The molecule has 1 saturated carbocycles. The number of hydrogen-bond acceptors (Lipinski definition) is 5. The van der Waals surface area contributed by atoms with Crippen molar-refractivity contribution in [1.82, 2.24) is 5.32 Å². The zero-order valence-corrected chi connectivity index (χ0v) is 19.5. The topological polar surface area (TPSA) is 82.0 Å². The van der Waals surface area contributed by atoms with Crippen molar-refractivity contribution in [2.75, 3.05) is 19.7 Å². The number of fused-ring (bicyclic) bond motifs is 3. The van der Waals surface area contributed by atoms with Gasteiger partial charge >= 0.3 is 0 Å². The summed E-state index contributed by atoms with van der Waals surface area (Å²) in [7, 11) is 0. The molecule has 0 spiro atoms. The van der Waals surface area contributed by atoms with E-state index in [1.54, 1.807) is 0 Å². The maximum absolute atomic E-state index is 10.7. The first-order valence-corrected chi connectivity index (χ1v) is 12.1. The van der Waals surface area contributed by atoms with Crippen molar-refractivity contribution in [3.05, 3.63) is 41.5 Å². The molecule has 4 N–H and O–H groups in total. The van der Waals surface area contributed by atoms with E-state index >= 15 is 0 Å². The molecule has 0 radical (unpaired) electrons. The molecule has 2 aliphatic rings. The van der Waals surface area contributed by atoms with E-state index in [9.17, 15) is 10.2 Å². The van der Waals surface area contributed by atoms with E-state index in [1.165, 1.54) is 11.1 Å². The number of aliphatic hydroxyl groups is 3. The monoisotopic (exact) mass is 441 g/mol. The lowest BCUT2D eigenvalue weighted by Crippen LogP contribution is -2.19. The highest BCUT2D eigenvalue weighted by atomic mass is 16.5. The van der Waals surface area contributed by atoms with Crippen LogP contribution >= 0.6 is 0 Å². The SMILES string of the molecule is CC#CC[C@H](C)[C@H](O)/C=C/[C@@H]1[C@H]2c3cccc(CCCCNCCCO)c3O[C@H]2C[C@H]1O. The molecule has 0 bridgehead atoms. The standard InChI is InChI=1S/C27H39NO4/c1-3-4-9-19(2)23(30)14-13-21-24(31)18-25-26(21)22-12-7-11-20(27(22)32-25)10-5-6-15-28-16-8-17-29/h7,11-14,19,21,23-26,28-31H,5-6,8-10,15-18H2,1-2H3/b14-13+/t19-,21-,23+,24+,25-,26-/m0/s1. The predicted molar refractivity (Wildman–Crippen MR) is 128 cm³/mol. The van der Waals surface area contributed by atoms with E-state index in [0.29, 0.717) is 12.8 Å². The number of para-hydroxylation sites is 1. The molecular weight excluding hydrogens is 402 g/mol. The van der Waals surface area contributed by atoms with Crippen LogP contribution in [0.5, 0.6) is 5.75 Å². The van der Waals surface area contributed by atoms with E-state index in [2.05, 4.69) is 35.4 Å². The van der Waals surface area contributed by atoms with Crippen LogP contribution in [0.3, 0.4) is 0 Å². The Morgan fingerprint density at radius 1 is 1.25 bits per heavy atom. The van der Waals surface area contributed by atoms with Crippen LogP contribution in [0.25, 0.3) is 0 Å². The molecule has 32 heavy (non-hydrogen) atoms. The first kappa shape index (κ1) is 24.8. The molecule has 5 nitrogen and oxygen atoms in total. The minimum absolute atomic E-state index is 0.00327. The fraction of sp³-hybridized carbons (Fsp3) is 0.630. The predicted octanol–water partition coefficient (Wildman–Crippen LogP) is 3.17. The molecule has 1 aromatic rings. The van der Waals surface area contributed by atoms with Gasteiger partial charge in [-0.3, -0.25) is 0 Å². The quantitative estimate of drug-likeness (QED) is 0.228. The number of hydrogen-bond donors (Lipinski definition) is 4. The van der Waals surface area contributed by atoms with Crippen LogP contribution < -0.4 is 10.1 Å². The van der Waals surface area contributed by atoms with Gasteiger partial charge in [-0.15, -0.1) is 11.8 Å². The van der Waals surface area contributed by atoms with Gasteiger partial charge in [-0.1, -0.05) is 37.3 Å². The average Bonchev–Trinajstić information content (AvgIpc) is 3.30. The van der Waals surface area contributed by atoms with Crippen LogP contribution in [0.15, 0.2) is 30.4 Å². The highest BCUT2D eigenvalue weighted by molar-refractivity contribution is 5.49. The normalized spacial score (nSPS) is 25.7. The third kappa shape index (κ3) is 6.14. The van der Waals surface area contributed by atoms with Gasteiger partial charge in [0.25, 0.3) is 0 Å². The lowest BCUT2D eigenvalue weighted by atomic mass is 9.86. The Balaban J connectivity index is 1.62. The van der Waals surface area contributed by atoms with Gasteiger partial charge in [-0.25, -0.2) is 0 Å². The van der Waals surface area contributed by atoms with Crippen LogP contribution in [-0.2, 0) is 6.42 Å². The minimum atomic E-state index is -0.568. The molecule has 1 aromatic carbocycles. The first-order valence-electron chi connectivity index (χ1n) is 12.1. The summed E-state index contributed by atoms with van der Waals surface area (Å²) >= 11 is 0. The molecule has 1 aliphatic heterocycles. The van der Waals surface area contributed by atoms with E-state index in [1.807, 2.05) is 26.0 Å². The van der Waals surface area contributed by atoms with Gasteiger partial charge in [0.1, 0.15) is 11.9 Å². The van der Waals surface area contributed by atoms with Gasteiger partial charge in [0, 0.05) is 36.8 Å². The van der Waals surface area contributed by atoms with Crippen LogP contribution in [-0.4, -0.2) is 53.3 Å². The highest BCUT2D eigenvalue weighted by Gasteiger charge is 2.48. The maximum atomic E-state index is 10.7. The third-order valence-electron chi connectivity index (χ3n) is 6.76. The number of aryl methyl sites for hydroxylation is 1. The van der Waals surface area contributed by atoms with Gasteiger partial charge in [0.2, 0.25) is 0 Å². The second-order valence-corrected chi connectivity index (χ2v) is 9.17. The van der Waals surface area contributed by atoms with Crippen molar-refractivity contribution >= 4 is 0 Å². The Bertz CT molecular complexity index is 812. The van der Waals surface area contributed by atoms with Crippen molar-refractivity contribution in [1.29, 1.82) is 0 Å². The Morgan fingerprint density at radius 3 is 2.84 bits per heavy atom. The Labute approximate surface area is 192 Å². The van der Waals surface area contributed by atoms with Crippen molar-refractivity contribution in [3.63, 3.8) is 0 Å². The summed E-state index contributed by atoms with van der Waals surface area (Å²) in [5.41, 5.74) is 2.44. The van der Waals surface area contributed by atoms with Crippen molar-refractivity contribution in [3.8, 4) is 17.6 Å². The fourth-order valence-corrected chi connectivity index (χ4v) is 4.88. The molecule has 1 aliphatic carbocycles. The summed E-state index contributed by atoms with van der Waals surface area (Å²) in [6, 6.07) is 6.39. The Kier molecular flexibility index (Phi) is 9.62. The number of nitrogens with one attached hydrogen (secondary N) is 1. The van der Waals surface area contributed by atoms with Gasteiger partial charge in [-0.2, -0.15) is 0 Å². The average molecular weight is 442 g/mol. The molecule has 3 rings (SSSR count). The number of ether oxygens (including phenoxy) is 1. The Hall–Kier alpha value is -1.84. The second-order valence-electron chi connectivity index (χ2n) is 9.17. The summed E-state index contributed by atoms with van der Waals surface area (Å²) in [4.78, 5) is 0. The number of aliphatic hydroxyl groups excluding tert-OH is 3. The summed E-state index contributed by atoms with van der Waals surface area (Å²) in [5, 5.41) is 33.4. The van der Waals surface area contributed by atoms with E-state index in [-0.39, 0.29) is 30.5 Å². The third-order valence-corrected chi connectivity index (χ3v) is 6.76. The molecule has 0 unspecified atom stereocenters. The molecule has 1 heterocycles. The van der Waals surface area contributed by atoms with Crippen LogP contribution in [0, 0.1) is 23.7 Å². The van der Waals surface area contributed by atoms with Crippen LogP contribution in [0.4, 0.5) is 0 Å². The summed E-state index contributed by atoms with van der Waals surface area (Å²) in [6.07, 6.45) is 8.03. The van der Waals surface area contributed by atoms with Crippen molar-refractivity contribution < 1.29 is 20.1 Å². The largest absolute Gasteiger partial charge is 0.489 e. The molecule has 6 atom stereocenters. The van der Waals surface area contributed by atoms with Gasteiger partial charge in [-0.05, 0) is 57.2 Å². The number of unbranched alkanes of at least 4 members (excludes halogenated alkanes) is 1. The molecule has 176 valence electrons. The lowest BCUT2D eigenvalue weighted by molar-refractivity contribution is 0.134. The molecule has 0 saturated heterocycles. The van der Waals surface area contributed by atoms with Crippen LogP contribution in [0.2, 0.25) is 0 Å². The summed E-state index contributed by atoms with van der Waals surface area (Å²) in [5.74, 6) is 7.06. The highest BCUT2D eigenvalue weighted by Crippen LogP contribution is 2.52. The first-order chi connectivity index (χ1) is 15.6. The summed E-state index contributed by atoms with van der Waals surface area (Å²) in [6.45, 7) is 5.87. The van der Waals surface area contributed by atoms with E-state index in [4.69, 9.17) is 9.84 Å². The lowest BCUT2D eigenvalue weighted by Gasteiger charge is -2.19. The molecular formula is C27H39NO4. The minimum Gasteiger partial charge on any atom is -0.489 e.